The number of aromatic hydroxyl groups is 1. The summed E-state index contributed by atoms with van der Waals surface area (Å²) in [6.45, 7) is 1.61. The molecule has 1 heterocycles. The molecule has 5 heteroatoms. The maximum atomic E-state index is 12.4. The minimum atomic E-state index is -0.711. The highest BCUT2D eigenvalue weighted by atomic mass is 16.5. The lowest BCUT2D eigenvalue weighted by Crippen LogP contribution is -2.38. The van der Waals surface area contributed by atoms with Crippen LogP contribution in [-0.4, -0.2) is 29.6 Å². The van der Waals surface area contributed by atoms with Gasteiger partial charge in [0.25, 0.3) is 5.91 Å². The Hall–Kier alpha value is -2.82. The van der Waals surface area contributed by atoms with E-state index >= 15 is 0 Å². The van der Waals surface area contributed by atoms with E-state index in [-0.39, 0.29) is 29.9 Å². The molecule has 1 atom stereocenters. The van der Waals surface area contributed by atoms with Gasteiger partial charge >= 0.3 is 5.97 Å². The summed E-state index contributed by atoms with van der Waals surface area (Å²) in [5.74, 6) is -1.15. The Morgan fingerprint density at radius 1 is 1.17 bits per heavy atom. The Balaban J connectivity index is 1.69. The number of para-hydroxylation sites is 2. The summed E-state index contributed by atoms with van der Waals surface area (Å²) in [5.41, 5.74) is 2.03. The molecule has 0 spiro atoms. The van der Waals surface area contributed by atoms with E-state index < -0.39 is 5.97 Å². The first-order valence-electron chi connectivity index (χ1n) is 7.43. The molecule has 1 unspecified atom stereocenters. The fraction of sp³-hybridized carbons (Fsp3) is 0.222. The molecular formula is C18H17NO4. The number of carbonyl (C=O) groups is 2. The van der Waals surface area contributed by atoms with E-state index in [1.165, 1.54) is 12.1 Å². The van der Waals surface area contributed by atoms with Crippen LogP contribution < -0.4 is 4.90 Å². The van der Waals surface area contributed by atoms with Crippen LogP contribution >= 0.6 is 0 Å². The van der Waals surface area contributed by atoms with E-state index in [2.05, 4.69) is 0 Å². The number of nitrogens with zero attached hydrogens (tertiary/aromatic N) is 1. The summed E-state index contributed by atoms with van der Waals surface area (Å²) in [6, 6.07) is 13.8. The van der Waals surface area contributed by atoms with Gasteiger partial charge < -0.3 is 14.7 Å². The molecule has 0 saturated heterocycles. The minimum absolute atomic E-state index is 0.0312. The van der Waals surface area contributed by atoms with Crippen molar-refractivity contribution in [3.63, 3.8) is 0 Å². The van der Waals surface area contributed by atoms with Crippen LogP contribution in [0.25, 0.3) is 0 Å². The van der Waals surface area contributed by atoms with E-state index in [0.29, 0.717) is 0 Å². The third-order valence-electron chi connectivity index (χ3n) is 3.93. The highest BCUT2D eigenvalue weighted by molar-refractivity contribution is 5.99. The van der Waals surface area contributed by atoms with Crippen molar-refractivity contribution in [2.45, 2.75) is 19.4 Å². The third-order valence-corrected chi connectivity index (χ3v) is 3.93. The number of hydrogen-bond donors (Lipinski definition) is 1. The smallest absolute Gasteiger partial charge is 0.342 e. The van der Waals surface area contributed by atoms with E-state index in [4.69, 9.17) is 4.74 Å². The summed E-state index contributed by atoms with van der Waals surface area (Å²) in [7, 11) is 0. The highest BCUT2D eigenvalue weighted by Crippen LogP contribution is 2.31. The Labute approximate surface area is 134 Å². The molecule has 118 valence electrons. The normalized spacial score (nSPS) is 16.0. The van der Waals surface area contributed by atoms with Crippen LogP contribution in [0.3, 0.4) is 0 Å². The van der Waals surface area contributed by atoms with Crippen molar-refractivity contribution in [1.29, 1.82) is 0 Å². The summed E-state index contributed by atoms with van der Waals surface area (Å²) >= 11 is 0. The van der Waals surface area contributed by atoms with E-state index in [1.54, 1.807) is 17.0 Å². The second kappa shape index (κ2) is 6.12. The Morgan fingerprint density at radius 3 is 2.65 bits per heavy atom. The zero-order valence-corrected chi connectivity index (χ0v) is 12.7. The number of carbonyl (C=O) groups excluding carboxylic acids is 2. The number of hydrogen-bond acceptors (Lipinski definition) is 4. The van der Waals surface area contributed by atoms with Crippen LogP contribution in [0.1, 0.15) is 22.8 Å². The van der Waals surface area contributed by atoms with Gasteiger partial charge in [-0.15, -0.1) is 0 Å². The molecule has 0 aromatic heterocycles. The van der Waals surface area contributed by atoms with Crippen LogP contribution in [0.2, 0.25) is 0 Å². The van der Waals surface area contributed by atoms with Gasteiger partial charge in [-0.3, -0.25) is 4.79 Å². The molecule has 0 bridgehead atoms. The number of ether oxygens (including phenoxy) is 1. The number of anilines is 1. The second-order valence-electron chi connectivity index (χ2n) is 5.54. The van der Waals surface area contributed by atoms with Crippen molar-refractivity contribution in [3.05, 3.63) is 59.7 Å². The van der Waals surface area contributed by atoms with Crippen molar-refractivity contribution in [3.8, 4) is 5.75 Å². The number of amides is 1. The zero-order chi connectivity index (χ0) is 16.4. The van der Waals surface area contributed by atoms with E-state index in [1.807, 2.05) is 31.2 Å². The van der Waals surface area contributed by atoms with Crippen molar-refractivity contribution in [2.24, 2.45) is 0 Å². The number of phenolic OH excluding ortho intramolecular Hbond substituents is 1. The number of phenols is 1. The molecule has 0 saturated carbocycles. The van der Waals surface area contributed by atoms with Gasteiger partial charge in [-0.05, 0) is 37.1 Å². The van der Waals surface area contributed by atoms with Gasteiger partial charge in [-0.25, -0.2) is 4.79 Å². The lowest BCUT2D eigenvalue weighted by molar-refractivity contribution is -0.122. The van der Waals surface area contributed by atoms with Crippen molar-refractivity contribution in [2.75, 3.05) is 11.5 Å². The summed E-state index contributed by atoms with van der Waals surface area (Å²) < 4.78 is 5.06. The molecule has 1 N–H and O–H groups in total. The largest absolute Gasteiger partial charge is 0.507 e. The molecule has 1 aliphatic heterocycles. The predicted octanol–water partition coefficient (Wildman–Crippen LogP) is 2.53. The van der Waals surface area contributed by atoms with Gasteiger partial charge in [-0.1, -0.05) is 30.3 Å². The molecule has 1 aliphatic rings. The van der Waals surface area contributed by atoms with Gasteiger partial charge in [0.2, 0.25) is 0 Å². The standard InChI is InChI=1S/C18H17NO4/c1-12-10-13-6-2-4-8-15(13)19(12)17(21)11-23-18(22)14-7-3-5-9-16(14)20/h2-9,12,20H,10-11H2,1H3. The maximum Gasteiger partial charge on any atom is 0.342 e. The van der Waals surface area contributed by atoms with Crippen molar-refractivity contribution >= 4 is 17.6 Å². The third kappa shape index (κ3) is 2.90. The van der Waals surface area contributed by atoms with Crippen LogP contribution in [0.4, 0.5) is 5.69 Å². The molecule has 5 nitrogen and oxygen atoms in total. The van der Waals surface area contributed by atoms with E-state index in [0.717, 1.165) is 17.7 Å². The zero-order valence-electron chi connectivity index (χ0n) is 12.7. The van der Waals surface area contributed by atoms with Gasteiger partial charge in [0, 0.05) is 11.7 Å². The maximum absolute atomic E-state index is 12.4. The Kier molecular flexibility index (Phi) is 4.02. The average Bonchev–Trinajstić information content (AvgIpc) is 2.88. The Bertz CT molecular complexity index is 756. The lowest BCUT2D eigenvalue weighted by Gasteiger charge is -2.22. The molecular weight excluding hydrogens is 294 g/mol. The first-order chi connectivity index (χ1) is 11.1. The molecule has 0 radical (unpaired) electrons. The van der Waals surface area contributed by atoms with Gasteiger partial charge in [0.1, 0.15) is 11.3 Å². The lowest BCUT2D eigenvalue weighted by atomic mass is 10.1. The Morgan fingerprint density at radius 2 is 1.87 bits per heavy atom. The minimum Gasteiger partial charge on any atom is -0.507 e. The average molecular weight is 311 g/mol. The van der Waals surface area contributed by atoms with Gasteiger partial charge in [0.05, 0.1) is 0 Å². The molecule has 23 heavy (non-hydrogen) atoms. The first-order valence-corrected chi connectivity index (χ1v) is 7.43. The van der Waals surface area contributed by atoms with Gasteiger partial charge in [-0.2, -0.15) is 0 Å². The van der Waals surface area contributed by atoms with Crippen LogP contribution in [0, 0.1) is 0 Å². The number of fused-ring (bicyclic) bond motifs is 1. The molecule has 2 aromatic rings. The predicted molar refractivity (Wildman–Crippen MR) is 85.5 cm³/mol. The number of rotatable bonds is 3. The van der Waals surface area contributed by atoms with E-state index in [9.17, 15) is 14.7 Å². The summed E-state index contributed by atoms with van der Waals surface area (Å²) in [6.07, 6.45) is 0.787. The molecule has 3 rings (SSSR count). The fourth-order valence-corrected chi connectivity index (χ4v) is 2.87. The molecule has 0 aliphatic carbocycles. The molecule has 1 amide bonds. The van der Waals surface area contributed by atoms with Gasteiger partial charge in [0.15, 0.2) is 6.61 Å². The number of benzene rings is 2. The molecule has 0 fully saturated rings. The van der Waals surface area contributed by atoms with Crippen LogP contribution in [-0.2, 0) is 16.0 Å². The monoisotopic (exact) mass is 311 g/mol. The quantitative estimate of drug-likeness (QED) is 0.885. The van der Waals surface area contributed by atoms with Crippen LogP contribution in [0.15, 0.2) is 48.5 Å². The summed E-state index contributed by atoms with van der Waals surface area (Å²) in [4.78, 5) is 26.0. The SMILES string of the molecule is CC1Cc2ccccc2N1C(=O)COC(=O)c1ccccc1O. The fourth-order valence-electron chi connectivity index (χ4n) is 2.87. The summed E-state index contributed by atoms with van der Waals surface area (Å²) in [5, 5.41) is 9.63. The first kappa shape index (κ1) is 15.1. The van der Waals surface area contributed by atoms with Crippen LogP contribution in [0.5, 0.6) is 5.75 Å². The second-order valence-corrected chi connectivity index (χ2v) is 5.54. The van der Waals surface area contributed by atoms with Crippen molar-refractivity contribution < 1.29 is 19.4 Å². The highest BCUT2D eigenvalue weighted by Gasteiger charge is 2.31. The van der Waals surface area contributed by atoms with Crippen molar-refractivity contribution in [1.82, 2.24) is 0 Å². The molecule has 2 aromatic carbocycles. The number of esters is 1. The topological polar surface area (TPSA) is 66.8 Å².